The Morgan fingerprint density at radius 1 is 1.21 bits per heavy atom. The molecule has 1 aliphatic rings. The lowest BCUT2D eigenvalue weighted by atomic mass is 9.95. The van der Waals surface area contributed by atoms with Crippen LogP contribution >= 0.6 is 0 Å². The average molecular weight is 320 g/mol. The maximum atomic E-state index is 12.6. The molecule has 1 aliphatic carbocycles. The molecule has 0 atom stereocenters. The highest BCUT2D eigenvalue weighted by Gasteiger charge is 2.20. The summed E-state index contributed by atoms with van der Waals surface area (Å²) in [4.78, 5) is 17.3. The van der Waals surface area contributed by atoms with E-state index in [1.807, 2.05) is 34.8 Å². The number of nitrogens with one attached hydrogen (secondary N) is 1. The van der Waals surface area contributed by atoms with Crippen molar-refractivity contribution < 1.29 is 4.79 Å². The minimum atomic E-state index is -0.128. The van der Waals surface area contributed by atoms with Gasteiger partial charge in [0.25, 0.3) is 5.91 Å². The van der Waals surface area contributed by atoms with Crippen molar-refractivity contribution >= 4 is 11.6 Å². The van der Waals surface area contributed by atoms with Gasteiger partial charge in [-0.15, -0.1) is 0 Å². The number of aryl methyl sites for hydroxylation is 2. The summed E-state index contributed by atoms with van der Waals surface area (Å²) in [6.07, 6.45) is 6.04. The molecule has 0 spiro atoms. The van der Waals surface area contributed by atoms with Gasteiger partial charge in [0, 0.05) is 17.9 Å². The fourth-order valence-electron chi connectivity index (χ4n) is 3.39. The molecular weight excluding hydrogens is 300 g/mol. The first-order valence-electron chi connectivity index (χ1n) is 8.42. The van der Waals surface area contributed by atoms with Gasteiger partial charge in [-0.2, -0.15) is 5.10 Å². The Morgan fingerprint density at radius 2 is 2.00 bits per heavy atom. The molecule has 0 saturated heterocycles. The zero-order valence-electron chi connectivity index (χ0n) is 13.7. The highest BCUT2D eigenvalue weighted by Crippen LogP contribution is 2.24. The maximum absolute atomic E-state index is 12.6. The number of carbonyl (C=O) groups excluding carboxylic acids is 1. The van der Waals surface area contributed by atoms with Crippen LogP contribution in [-0.4, -0.2) is 20.5 Å². The number of hydrogen-bond acceptors (Lipinski definition) is 3. The van der Waals surface area contributed by atoms with Gasteiger partial charge in [-0.3, -0.25) is 4.79 Å². The van der Waals surface area contributed by atoms with Crippen molar-refractivity contribution in [3.63, 3.8) is 0 Å². The highest BCUT2D eigenvalue weighted by molar-refractivity contribution is 5.99. The van der Waals surface area contributed by atoms with Crippen molar-refractivity contribution in [3.8, 4) is 0 Å². The quantitative estimate of drug-likeness (QED) is 0.807. The van der Waals surface area contributed by atoms with Crippen LogP contribution in [0.4, 0.5) is 0 Å². The molecule has 5 nitrogen and oxygen atoms in total. The molecule has 24 heavy (non-hydrogen) atoms. The molecule has 0 radical (unpaired) electrons. The number of rotatable bonds is 3. The van der Waals surface area contributed by atoms with E-state index in [-0.39, 0.29) is 5.91 Å². The van der Waals surface area contributed by atoms with E-state index < -0.39 is 0 Å². The predicted molar refractivity (Wildman–Crippen MR) is 92.0 cm³/mol. The van der Waals surface area contributed by atoms with Crippen LogP contribution in [0, 0.1) is 6.92 Å². The van der Waals surface area contributed by atoms with Crippen molar-refractivity contribution in [1.82, 2.24) is 19.9 Å². The normalized spacial score (nSPS) is 13.7. The Balaban J connectivity index is 1.64. The summed E-state index contributed by atoms with van der Waals surface area (Å²) in [5.41, 5.74) is 5.82. The lowest BCUT2D eigenvalue weighted by Crippen LogP contribution is -2.23. The molecule has 2 aromatic heterocycles. The lowest BCUT2D eigenvalue weighted by Gasteiger charge is -2.17. The second-order valence-electron chi connectivity index (χ2n) is 6.29. The number of fused-ring (bicyclic) bond motifs is 2. The zero-order valence-corrected chi connectivity index (χ0v) is 13.7. The number of amides is 1. The van der Waals surface area contributed by atoms with Crippen molar-refractivity contribution in [2.24, 2.45) is 0 Å². The van der Waals surface area contributed by atoms with Crippen LogP contribution in [0.15, 0.2) is 36.5 Å². The molecule has 122 valence electrons. The molecule has 4 rings (SSSR count). The summed E-state index contributed by atoms with van der Waals surface area (Å²) < 4.78 is 1.81. The molecule has 0 bridgehead atoms. The van der Waals surface area contributed by atoms with E-state index in [1.165, 1.54) is 18.4 Å². The van der Waals surface area contributed by atoms with Gasteiger partial charge in [-0.25, -0.2) is 9.50 Å². The van der Waals surface area contributed by atoms with Crippen LogP contribution in [0.2, 0.25) is 0 Å². The van der Waals surface area contributed by atoms with Gasteiger partial charge in [-0.05, 0) is 43.7 Å². The topological polar surface area (TPSA) is 59.3 Å². The molecular formula is C19H20N4O. The summed E-state index contributed by atoms with van der Waals surface area (Å²) in [7, 11) is 0. The highest BCUT2D eigenvalue weighted by atomic mass is 16.1. The number of carbonyl (C=O) groups is 1. The van der Waals surface area contributed by atoms with Gasteiger partial charge in [-0.1, -0.05) is 30.3 Å². The first-order valence-corrected chi connectivity index (χ1v) is 8.42. The lowest BCUT2D eigenvalue weighted by molar-refractivity contribution is 0.0952. The first-order chi connectivity index (χ1) is 11.7. The molecule has 1 N–H and O–H groups in total. The Morgan fingerprint density at radius 3 is 2.83 bits per heavy atom. The third kappa shape index (κ3) is 2.56. The molecule has 5 heteroatoms. The second-order valence-corrected chi connectivity index (χ2v) is 6.29. The first kappa shape index (κ1) is 14.9. The van der Waals surface area contributed by atoms with Crippen LogP contribution in [0.25, 0.3) is 5.65 Å². The molecule has 0 fully saturated rings. The second kappa shape index (κ2) is 6.07. The van der Waals surface area contributed by atoms with Gasteiger partial charge >= 0.3 is 0 Å². The standard InChI is InChI=1S/C19H20N4O/c1-13-15-9-5-6-10-17(15)22-18-16(12-21-23(13)18)19(24)20-11-14-7-3-2-4-8-14/h2-4,7-8,12H,5-6,9-11H2,1H3,(H,20,24). The zero-order chi connectivity index (χ0) is 16.5. The van der Waals surface area contributed by atoms with E-state index in [4.69, 9.17) is 4.98 Å². The van der Waals surface area contributed by atoms with Gasteiger partial charge < -0.3 is 5.32 Å². The van der Waals surface area contributed by atoms with Gasteiger partial charge in [0.1, 0.15) is 5.56 Å². The third-order valence-corrected chi connectivity index (χ3v) is 4.72. The monoisotopic (exact) mass is 320 g/mol. The molecule has 0 unspecified atom stereocenters. The van der Waals surface area contributed by atoms with Crippen LogP contribution in [0.5, 0.6) is 0 Å². The summed E-state index contributed by atoms with van der Waals surface area (Å²) in [6.45, 7) is 2.57. The third-order valence-electron chi connectivity index (χ3n) is 4.72. The van der Waals surface area contributed by atoms with Crippen molar-refractivity contribution in [2.75, 3.05) is 0 Å². The minimum absolute atomic E-state index is 0.128. The molecule has 0 aliphatic heterocycles. The summed E-state index contributed by atoms with van der Waals surface area (Å²) in [5, 5.41) is 7.36. The average Bonchev–Trinajstić information content (AvgIpc) is 3.05. The van der Waals surface area contributed by atoms with E-state index in [1.54, 1.807) is 6.20 Å². The predicted octanol–water partition coefficient (Wildman–Crippen LogP) is 2.85. The van der Waals surface area contributed by atoms with E-state index in [2.05, 4.69) is 17.3 Å². The summed E-state index contributed by atoms with van der Waals surface area (Å²) in [6, 6.07) is 9.89. The minimum Gasteiger partial charge on any atom is -0.348 e. The molecule has 1 amide bonds. The number of benzene rings is 1. The van der Waals surface area contributed by atoms with Crippen molar-refractivity contribution in [3.05, 3.63) is 64.6 Å². The van der Waals surface area contributed by atoms with Crippen LogP contribution in [0.1, 0.15) is 45.7 Å². The van der Waals surface area contributed by atoms with Crippen molar-refractivity contribution in [1.29, 1.82) is 0 Å². The SMILES string of the molecule is Cc1c2c(nc3c(C(=O)NCc4ccccc4)cnn13)CCCC2. The van der Waals surface area contributed by atoms with E-state index in [9.17, 15) is 4.79 Å². The number of hydrogen-bond donors (Lipinski definition) is 1. The van der Waals surface area contributed by atoms with Gasteiger partial charge in [0.2, 0.25) is 0 Å². The number of aromatic nitrogens is 3. The fraction of sp³-hybridized carbons (Fsp3) is 0.316. The summed E-state index contributed by atoms with van der Waals surface area (Å²) in [5.74, 6) is -0.128. The van der Waals surface area contributed by atoms with E-state index in [0.29, 0.717) is 17.8 Å². The van der Waals surface area contributed by atoms with Gasteiger partial charge in [0.05, 0.1) is 6.20 Å². The van der Waals surface area contributed by atoms with Gasteiger partial charge in [0.15, 0.2) is 5.65 Å². The van der Waals surface area contributed by atoms with Crippen molar-refractivity contribution in [2.45, 2.75) is 39.2 Å². The van der Waals surface area contributed by atoms with Crippen LogP contribution < -0.4 is 5.32 Å². The van der Waals surface area contributed by atoms with Crippen LogP contribution in [0.3, 0.4) is 0 Å². The Kier molecular flexibility index (Phi) is 3.76. The number of nitrogens with zero attached hydrogens (tertiary/aromatic N) is 3. The Labute approximate surface area is 140 Å². The van der Waals surface area contributed by atoms with E-state index in [0.717, 1.165) is 29.8 Å². The maximum Gasteiger partial charge on any atom is 0.257 e. The molecule has 3 aromatic rings. The van der Waals surface area contributed by atoms with Crippen LogP contribution in [-0.2, 0) is 19.4 Å². The smallest absolute Gasteiger partial charge is 0.257 e. The largest absolute Gasteiger partial charge is 0.348 e. The fourth-order valence-corrected chi connectivity index (χ4v) is 3.39. The Bertz CT molecular complexity index is 899. The molecule has 0 saturated carbocycles. The molecule has 2 heterocycles. The molecule has 1 aromatic carbocycles. The Hall–Kier alpha value is -2.69. The summed E-state index contributed by atoms with van der Waals surface area (Å²) >= 11 is 0. The van der Waals surface area contributed by atoms with E-state index >= 15 is 0 Å².